The first-order valence-electron chi connectivity index (χ1n) is 10.5. The van der Waals surface area contributed by atoms with Crippen LogP contribution in [0.2, 0.25) is 0 Å². The van der Waals surface area contributed by atoms with Gasteiger partial charge in [0.25, 0.3) is 11.8 Å². The van der Waals surface area contributed by atoms with Crippen LogP contribution < -0.4 is 15.4 Å². The van der Waals surface area contributed by atoms with Crippen LogP contribution in [0.4, 0.5) is 0 Å². The number of carbonyl (C=O) groups is 2. The van der Waals surface area contributed by atoms with Gasteiger partial charge in [-0.3, -0.25) is 9.59 Å². The normalized spacial score (nSPS) is 22.6. The molecule has 1 aromatic rings. The van der Waals surface area contributed by atoms with Crippen molar-refractivity contribution in [3.63, 3.8) is 0 Å². The Kier molecular flexibility index (Phi) is 6.94. The van der Waals surface area contributed by atoms with Crippen LogP contribution in [0.1, 0.15) is 60.5 Å². The molecule has 154 valence electrons. The van der Waals surface area contributed by atoms with E-state index in [0.29, 0.717) is 17.4 Å². The summed E-state index contributed by atoms with van der Waals surface area (Å²) in [5.74, 6) is 0.707. The van der Waals surface area contributed by atoms with E-state index in [4.69, 9.17) is 4.74 Å². The largest absolute Gasteiger partial charge is 0.483 e. The van der Waals surface area contributed by atoms with E-state index in [1.807, 2.05) is 30.9 Å². The minimum atomic E-state index is -0.0405. The van der Waals surface area contributed by atoms with Crippen molar-refractivity contribution in [2.45, 2.75) is 65.0 Å². The number of hydrogen-bond donors (Lipinski definition) is 2. The molecule has 2 saturated heterocycles. The van der Waals surface area contributed by atoms with Gasteiger partial charge in [-0.2, -0.15) is 0 Å². The number of aryl methyl sites for hydroxylation is 2. The van der Waals surface area contributed by atoms with Gasteiger partial charge < -0.3 is 20.3 Å². The zero-order valence-electron chi connectivity index (χ0n) is 17.3. The number of carbonyl (C=O) groups excluding carboxylic acids is 2. The molecular weight excluding hydrogens is 354 g/mol. The Morgan fingerprint density at radius 1 is 1.18 bits per heavy atom. The minimum absolute atomic E-state index is 0.0405. The number of nitrogens with one attached hydrogen (secondary N) is 2. The van der Waals surface area contributed by atoms with Crippen LogP contribution in [0.3, 0.4) is 0 Å². The fourth-order valence-electron chi connectivity index (χ4n) is 4.21. The lowest BCUT2D eigenvalue weighted by atomic mass is 9.99. The van der Waals surface area contributed by atoms with Gasteiger partial charge in [0.05, 0.1) is 0 Å². The number of ether oxygens (including phenoxy) is 1. The van der Waals surface area contributed by atoms with Gasteiger partial charge in [0.2, 0.25) is 0 Å². The Morgan fingerprint density at radius 3 is 2.50 bits per heavy atom. The average Bonchev–Trinajstić information content (AvgIpc) is 2.67. The fraction of sp³-hybridized carbons (Fsp3) is 0.636. The van der Waals surface area contributed by atoms with Crippen molar-refractivity contribution >= 4 is 11.8 Å². The summed E-state index contributed by atoms with van der Waals surface area (Å²) in [6, 6.07) is 4.35. The van der Waals surface area contributed by atoms with E-state index in [9.17, 15) is 9.59 Å². The Morgan fingerprint density at radius 2 is 1.86 bits per heavy atom. The molecule has 2 heterocycles. The average molecular weight is 388 g/mol. The topological polar surface area (TPSA) is 70.7 Å². The predicted octanol–water partition coefficient (Wildman–Crippen LogP) is 2.57. The van der Waals surface area contributed by atoms with Gasteiger partial charge in [0.15, 0.2) is 6.61 Å². The Bertz CT molecular complexity index is 690. The number of nitrogens with zero attached hydrogens (tertiary/aromatic N) is 1. The second-order valence-corrected chi connectivity index (χ2v) is 8.22. The minimum Gasteiger partial charge on any atom is -0.483 e. The molecule has 2 amide bonds. The molecule has 2 N–H and O–H groups in total. The number of rotatable bonds is 5. The molecule has 2 fully saturated rings. The van der Waals surface area contributed by atoms with Crippen molar-refractivity contribution < 1.29 is 14.3 Å². The molecule has 28 heavy (non-hydrogen) atoms. The number of likely N-dealkylation sites (tertiary alicyclic amines) is 1. The zero-order valence-corrected chi connectivity index (χ0v) is 17.3. The molecule has 2 aliphatic rings. The highest BCUT2D eigenvalue weighted by molar-refractivity contribution is 5.95. The number of benzene rings is 1. The molecular formula is C22H33N3O3. The van der Waals surface area contributed by atoms with E-state index in [1.165, 1.54) is 6.42 Å². The monoisotopic (exact) mass is 387 g/mol. The highest BCUT2D eigenvalue weighted by atomic mass is 16.5. The van der Waals surface area contributed by atoms with Crippen molar-refractivity contribution in [3.8, 4) is 5.75 Å². The maximum absolute atomic E-state index is 12.7. The van der Waals surface area contributed by atoms with Crippen LogP contribution in [-0.2, 0) is 4.79 Å². The lowest BCUT2D eigenvalue weighted by Gasteiger charge is -2.28. The van der Waals surface area contributed by atoms with Crippen molar-refractivity contribution in [2.24, 2.45) is 0 Å². The van der Waals surface area contributed by atoms with Gasteiger partial charge >= 0.3 is 0 Å². The van der Waals surface area contributed by atoms with Crippen molar-refractivity contribution in [3.05, 3.63) is 28.8 Å². The molecule has 0 aliphatic carbocycles. The summed E-state index contributed by atoms with van der Waals surface area (Å²) in [4.78, 5) is 26.9. The van der Waals surface area contributed by atoms with Gasteiger partial charge in [-0.1, -0.05) is 0 Å². The highest BCUT2D eigenvalue weighted by Crippen LogP contribution is 2.25. The van der Waals surface area contributed by atoms with Crippen molar-refractivity contribution in [2.75, 3.05) is 26.2 Å². The van der Waals surface area contributed by atoms with E-state index < -0.39 is 0 Å². The molecule has 2 aliphatic heterocycles. The first-order valence-corrected chi connectivity index (χ1v) is 10.5. The molecule has 1 aromatic carbocycles. The molecule has 2 atom stereocenters. The molecule has 0 radical (unpaired) electrons. The van der Waals surface area contributed by atoms with E-state index in [0.717, 1.165) is 56.4 Å². The summed E-state index contributed by atoms with van der Waals surface area (Å²) in [5.41, 5.74) is 2.42. The van der Waals surface area contributed by atoms with Crippen molar-refractivity contribution in [1.29, 1.82) is 0 Å². The third kappa shape index (κ3) is 5.25. The summed E-state index contributed by atoms with van der Waals surface area (Å²) in [6.07, 6.45) is 5.24. The molecule has 6 heteroatoms. The lowest BCUT2D eigenvalue weighted by molar-refractivity contribution is -0.134. The van der Waals surface area contributed by atoms with Gasteiger partial charge in [-0.05, 0) is 82.7 Å². The predicted molar refractivity (Wildman–Crippen MR) is 110 cm³/mol. The SMILES string of the molecule is Cc1cc(C(=O)NC2CCNC(C)C2)cc(C)c1OCC(=O)N1CCCCC1. The second kappa shape index (κ2) is 9.41. The van der Waals surface area contributed by atoms with E-state index in [2.05, 4.69) is 17.6 Å². The first kappa shape index (κ1) is 20.6. The van der Waals surface area contributed by atoms with Crippen LogP contribution >= 0.6 is 0 Å². The van der Waals surface area contributed by atoms with E-state index in [-0.39, 0.29) is 24.5 Å². The van der Waals surface area contributed by atoms with Crippen LogP contribution in [0, 0.1) is 13.8 Å². The van der Waals surface area contributed by atoms with Crippen LogP contribution in [0.5, 0.6) is 5.75 Å². The Labute approximate surface area is 168 Å². The summed E-state index contributed by atoms with van der Waals surface area (Å²) in [5, 5.41) is 6.55. The molecule has 2 unspecified atom stereocenters. The molecule has 0 saturated carbocycles. The summed E-state index contributed by atoms with van der Waals surface area (Å²) in [6.45, 7) is 8.64. The van der Waals surface area contributed by atoms with Crippen LogP contribution in [0.25, 0.3) is 0 Å². The lowest BCUT2D eigenvalue weighted by Crippen LogP contribution is -2.46. The second-order valence-electron chi connectivity index (χ2n) is 8.22. The van der Waals surface area contributed by atoms with Crippen molar-refractivity contribution in [1.82, 2.24) is 15.5 Å². The number of hydrogen-bond acceptors (Lipinski definition) is 4. The molecule has 0 aromatic heterocycles. The van der Waals surface area contributed by atoms with Gasteiger partial charge in [0.1, 0.15) is 5.75 Å². The third-order valence-electron chi connectivity index (χ3n) is 5.73. The maximum Gasteiger partial charge on any atom is 0.260 e. The van der Waals surface area contributed by atoms with Gasteiger partial charge in [-0.15, -0.1) is 0 Å². The van der Waals surface area contributed by atoms with E-state index >= 15 is 0 Å². The molecule has 6 nitrogen and oxygen atoms in total. The smallest absolute Gasteiger partial charge is 0.260 e. The summed E-state index contributed by atoms with van der Waals surface area (Å²) < 4.78 is 5.85. The number of piperidine rings is 2. The standard InChI is InChI=1S/C22H33N3O3/c1-15-11-18(22(27)24-19-7-8-23-17(3)13-19)12-16(2)21(15)28-14-20(26)25-9-5-4-6-10-25/h11-12,17,19,23H,4-10,13-14H2,1-3H3,(H,24,27). The Balaban J connectivity index is 1.60. The summed E-state index contributed by atoms with van der Waals surface area (Å²) >= 11 is 0. The fourth-order valence-corrected chi connectivity index (χ4v) is 4.21. The van der Waals surface area contributed by atoms with Crippen LogP contribution in [-0.4, -0.2) is 55.0 Å². The first-order chi connectivity index (χ1) is 13.4. The molecule has 0 spiro atoms. The third-order valence-corrected chi connectivity index (χ3v) is 5.73. The quantitative estimate of drug-likeness (QED) is 0.815. The number of amides is 2. The Hall–Kier alpha value is -2.08. The summed E-state index contributed by atoms with van der Waals surface area (Å²) in [7, 11) is 0. The van der Waals surface area contributed by atoms with Crippen LogP contribution in [0.15, 0.2) is 12.1 Å². The molecule has 0 bridgehead atoms. The zero-order chi connectivity index (χ0) is 20.1. The van der Waals surface area contributed by atoms with Gasteiger partial charge in [-0.25, -0.2) is 0 Å². The maximum atomic E-state index is 12.7. The van der Waals surface area contributed by atoms with Gasteiger partial charge in [0, 0.05) is 30.7 Å². The van der Waals surface area contributed by atoms with E-state index in [1.54, 1.807) is 0 Å². The highest BCUT2D eigenvalue weighted by Gasteiger charge is 2.22. The molecule has 3 rings (SSSR count).